The van der Waals surface area contributed by atoms with Crippen molar-refractivity contribution < 1.29 is 15.1 Å². The van der Waals surface area contributed by atoms with Crippen LogP contribution < -0.4 is 2.81 Å². The predicted octanol–water partition coefficient (Wildman–Crippen LogP) is -0.918. The molecule has 0 fully saturated rings. The van der Waals surface area contributed by atoms with Crippen LogP contribution in [0.5, 0.6) is 0 Å². The van der Waals surface area contributed by atoms with E-state index in [9.17, 15) is 0 Å². The summed E-state index contributed by atoms with van der Waals surface area (Å²) >= 11 is 6.74. The van der Waals surface area contributed by atoms with Crippen LogP contribution in [0.2, 0.25) is 5.02 Å². The molecule has 0 saturated heterocycles. The van der Waals surface area contributed by atoms with Crippen molar-refractivity contribution in [2.24, 2.45) is 0 Å². The molecule has 3 N–H and O–H groups in total. The van der Waals surface area contributed by atoms with Crippen LogP contribution in [0.1, 0.15) is 0 Å². The SMILES string of the molecule is OB(O)O.[Na][c]1ccc(Cl)cc1. The average Bonchev–Trinajstić information content (AvgIpc) is 1.94. The number of benzene rings is 1. The van der Waals surface area contributed by atoms with Gasteiger partial charge in [0.15, 0.2) is 0 Å². The maximum absolute atomic E-state index is 7.17. The van der Waals surface area contributed by atoms with Gasteiger partial charge in [-0.1, -0.05) is 0 Å². The fraction of sp³-hybridized carbons (Fsp3) is 0. The maximum atomic E-state index is 7.17. The van der Waals surface area contributed by atoms with Gasteiger partial charge in [-0.2, -0.15) is 0 Å². The summed E-state index contributed by atoms with van der Waals surface area (Å²) in [5.41, 5.74) is 0. The monoisotopic (exact) mass is 196 g/mol. The summed E-state index contributed by atoms with van der Waals surface area (Å²) in [5, 5.41) is 22.3. The molecule has 0 radical (unpaired) electrons. The Kier molecular flexibility index (Phi) is 7.18. The van der Waals surface area contributed by atoms with Gasteiger partial charge in [-0.05, 0) is 0 Å². The molecule has 0 unspecified atom stereocenters. The number of hydrogen-bond donors (Lipinski definition) is 3. The Morgan fingerprint density at radius 3 is 1.67 bits per heavy atom. The molecule has 3 nitrogen and oxygen atoms in total. The van der Waals surface area contributed by atoms with Crippen LogP contribution in [0.3, 0.4) is 0 Å². The Balaban J connectivity index is 0.000000261. The molecule has 0 aliphatic heterocycles. The minimum atomic E-state index is -2.17. The zero-order valence-electron chi connectivity index (χ0n) is 6.61. The van der Waals surface area contributed by atoms with Crippen LogP contribution >= 0.6 is 11.6 Å². The first-order valence-corrected chi connectivity index (χ1v) is 4.66. The summed E-state index contributed by atoms with van der Waals surface area (Å²) in [5.74, 6) is 0. The molecule has 1 aromatic carbocycles. The predicted molar refractivity (Wildman–Crippen MR) is 49.3 cm³/mol. The van der Waals surface area contributed by atoms with Crippen molar-refractivity contribution in [3.8, 4) is 0 Å². The summed E-state index contributed by atoms with van der Waals surface area (Å²) in [6.45, 7) is 0. The van der Waals surface area contributed by atoms with Crippen LogP contribution in [-0.4, -0.2) is 50.3 Å². The van der Waals surface area contributed by atoms with E-state index in [4.69, 9.17) is 26.7 Å². The van der Waals surface area contributed by atoms with E-state index in [0.29, 0.717) is 0 Å². The summed E-state index contributed by atoms with van der Waals surface area (Å²) in [6.07, 6.45) is 0. The first kappa shape index (κ1) is 12.5. The van der Waals surface area contributed by atoms with E-state index < -0.39 is 7.32 Å². The molecule has 1 rings (SSSR count). The zero-order valence-corrected chi connectivity index (χ0v) is 9.36. The fourth-order valence-corrected chi connectivity index (χ4v) is 0.993. The second kappa shape index (κ2) is 6.92. The van der Waals surface area contributed by atoms with Gasteiger partial charge in [0.05, 0.1) is 0 Å². The molecule has 0 heterocycles. The third kappa shape index (κ3) is 8.55. The standard InChI is InChI=1S/C6H4Cl.BH3O3.Na/c7-6-4-2-1-3-5-6;2-1(3)4;/h2-5H;2-4H;. The normalized spacial score (nSPS) is 8.50. The molecule has 6 heteroatoms. The van der Waals surface area contributed by atoms with E-state index in [1.807, 2.05) is 12.1 Å². The van der Waals surface area contributed by atoms with E-state index >= 15 is 0 Å². The van der Waals surface area contributed by atoms with Crippen molar-refractivity contribution in [3.63, 3.8) is 0 Å². The van der Waals surface area contributed by atoms with Crippen molar-refractivity contribution in [3.05, 3.63) is 29.3 Å². The Morgan fingerprint density at radius 2 is 1.42 bits per heavy atom. The molecule has 1 aromatic rings. The summed E-state index contributed by atoms with van der Waals surface area (Å²) in [6, 6.07) is 7.94. The van der Waals surface area contributed by atoms with Crippen molar-refractivity contribution >= 4 is 49.7 Å². The number of hydrogen-bond acceptors (Lipinski definition) is 3. The van der Waals surface area contributed by atoms with Gasteiger partial charge in [0.2, 0.25) is 0 Å². The second-order valence-corrected chi connectivity index (χ2v) is 3.73. The van der Waals surface area contributed by atoms with Gasteiger partial charge < -0.3 is 15.1 Å². The summed E-state index contributed by atoms with van der Waals surface area (Å²) < 4.78 is 1.38. The third-order valence-electron chi connectivity index (χ3n) is 1.01. The van der Waals surface area contributed by atoms with Crippen LogP contribution in [0.4, 0.5) is 0 Å². The zero-order chi connectivity index (χ0) is 9.56. The molecule has 60 valence electrons. The molecule has 0 aliphatic carbocycles. The molecule has 0 amide bonds. The van der Waals surface area contributed by atoms with Crippen LogP contribution in [0.25, 0.3) is 0 Å². The minimum absolute atomic E-state index is 0.824. The van der Waals surface area contributed by atoms with Gasteiger partial charge in [0, 0.05) is 0 Å². The molecule has 12 heavy (non-hydrogen) atoms. The summed E-state index contributed by atoms with van der Waals surface area (Å²) in [7, 11) is -2.17. The van der Waals surface area contributed by atoms with Gasteiger partial charge in [0.1, 0.15) is 0 Å². The van der Waals surface area contributed by atoms with E-state index in [1.165, 1.54) is 2.81 Å². The molecule has 0 bridgehead atoms. The molecule has 0 spiro atoms. The topological polar surface area (TPSA) is 60.7 Å². The summed E-state index contributed by atoms with van der Waals surface area (Å²) in [4.78, 5) is 0. The molecule has 0 aromatic heterocycles. The van der Waals surface area contributed by atoms with Gasteiger partial charge in [-0.15, -0.1) is 0 Å². The second-order valence-electron chi connectivity index (χ2n) is 2.14. The van der Waals surface area contributed by atoms with Crippen molar-refractivity contribution in [2.75, 3.05) is 0 Å². The Hall–Kier alpha value is 0.455. The van der Waals surface area contributed by atoms with E-state index in [1.54, 1.807) is 0 Å². The van der Waals surface area contributed by atoms with Crippen molar-refractivity contribution in [1.29, 1.82) is 0 Å². The third-order valence-corrected chi connectivity index (χ3v) is 1.93. The van der Waals surface area contributed by atoms with Crippen molar-refractivity contribution in [1.82, 2.24) is 0 Å². The molecule has 0 saturated carbocycles. The Bertz CT molecular complexity index is 193. The number of halogens is 1. The first-order chi connectivity index (χ1) is 5.52. The van der Waals surface area contributed by atoms with Crippen molar-refractivity contribution in [2.45, 2.75) is 0 Å². The van der Waals surface area contributed by atoms with Crippen LogP contribution in [0, 0.1) is 0 Å². The van der Waals surface area contributed by atoms with Gasteiger partial charge in [-0.25, -0.2) is 0 Å². The van der Waals surface area contributed by atoms with E-state index in [0.717, 1.165) is 33.0 Å². The molecule has 0 aliphatic rings. The Morgan fingerprint density at radius 1 is 1.08 bits per heavy atom. The molecular weight excluding hydrogens is 189 g/mol. The van der Waals surface area contributed by atoms with Crippen LogP contribution in [-0.2, 0) is 0 Å². The van der Waals surface area contributed by atoms with Gasteiger partial charge >= 0.3 is 79.0 Å². The van der Waals surface area contributed by atoms with Crippen LogP contribution in [0.15, 0.2) is 24.3 Å². The quantitative estimate of drug-likeness (QED) is 0.471. The Labute approximate surface area is 93.6 Å². The average molecular weight is 196 g/mol. The molecular formula is C6H7BClNaO3. The van der Waals surface area contributed by atoms with E-state index in [-0.39, 0.29) is 0 Å². The first-order valence-electron chi connectivity index (χ1n) is 3.28. The molecule has 0 atom stereocenters. The number of rotatable bonds is 0. The van der Waals surface area contributed by atoms with Gasteiger partial charge in [-0.3, -0.25) is 0 Å². The van der Waals surface area contributed by atoms with E-state index in [2.05, 4.69) is 12.1 Å². The fourth-order valence-electron chi connectivity index (χ4n) is 0.533. The van der Waals surface area contributed by atoms with Gasteiger partial charge in [0.25, 0.3) is 0 Å².